The van der Waals surface area contributed by atoms with Gasteiger partial charge in [-0.25, -0.2) is 0 Å². The van der Waals surface area contributed by atoms with Gasteiger partial charge in [0.25, 0.3) is 11.6 Å². The lowest BCUT2D eigenvalue weighted by atomic mass is 10.1. The van der Waals surface area contributed by atoms with Crippen LogP contribution in [0.1, 0.15) is 24.2 Å². The molecule has 1 aromatic carbocycles. The lowest BCUT2D eigenvalue weighted by molar-refractivity contribution is -0.384. The molecule has 1 aromatic rings. The molecule has 8 nitrogen and oxygen atoms in total. The zero-order valence-electron chi connectivity index (χ0n) is 11.9. The van der Waals surface area contributed by atoms with E-state index in [1.54, 1.807) is 6.92 Å². The molecule has 0 saturated carbocycles. The third kappa shape index (κ3) is 4.69. The standard InChI is InChI=1S/C13H19N3O5/c1-3-14-12(18)9-4-5-11(16(20)21)10(6-9)15-7-13(2,19)8-17/h4-6,15,17,19H,3,7-8H2,1-2H3,(H,14,18). The molecule has 8 heteroatoms. The van der Waals surface area contributed by atoms with Crippen LogP contribution < -0.4 is 10.6 Å². The predicted molar refractivity (Wildman–Crippen MR) is 77.3 cm³/mol. The second-order valence-corrected chi connectivity index (χ2v) is 4.86. The SMILES string of the molecule is CCNC(=O)c1ccc([N+](=O)[O-])c(NCC(C)(O)CO)c1. The smallest absolute Gasteiger partial charge is 0.292 e. The number of nitrogens with one attached hydrogen (secondary N) is 2. The van der Waals surface area contributed by atoms with Crippen molar-refractivity contribution < 1.29 is 19.9 Å². The van der Waals surface area contributed by atoms with Crippen molar-refractivity contribution >= 4 is 17.3 Å². The first-order chi connectivity index (χ1) is 9.80. The molecule has 0 saturated heterocycles. The van der Waals surface area contributed by atoms with Crippen LogP contribution in [0.4, 0.5) is 11.4 Å². The van der Waals surface area contributed by atoms with Gasteiger partial charge in [-0.05, 0) is 26.0 Å². The summed E-state index contributed by atoms with van der Waals surface area (Å²) in [6, 6.07) is 3.93. The summed E-state index contributed by atoms with van der Waals surface area (Å²) in [6.45, 7) is 3.01. The van der Waals surface area contributed by atoms with Gasteiger partial charge < -0.3 is 20.8 Å². The molecule has 116 valence electrons. The second kappa shape index (κ2) is 7.00. The highest BCUT2D eigenvalue weighted by Crippen LogP contribution is 2.26. The van der Waals surface area contributed by atoms with Crippen LogP contribution in [-0.4, -0.2) is 46.3 Å². The normalized spacial score (nSPS) is 13.3. The van der Waals surface area contributed by atoms with E-state index < -0.39 is 17.1 Å². The van der Waals surface area contributed by atoms with Crippen molar-refractivity contribution in [2.75, 3.05) is 25.0 Å². The van der Waals surface area contributed by atoms with Gasteiger partial charge in [0.05, 0.1) is 11.5 Å². The van der Waals surface area contributed by atoms with Crippen molar-refractivity contribution in [1.29, 1.82) is 0 Å². The van der Waals surface area contributed by atoms with Crippen LogP contribution in [0.5, 0.6) is 0 Å². The van der Waals surface area contributed by atoms with Gasteiger partial charge in [0, 0.05) is 24.7 Å². The molecule has 1 amide bonds. The number of hydrogen-bond donors (Lipinski definition) is 4. The van der Waals surface area contributed by atoms with Crippen LogP contribution in [0.25, 0.3) is 0 Å². The van der Waals surface area contributed by atoms with E-state index in [9.17, 15) is 20.0 Å². The van der Waals surface area contributed by atoms with Crippen LogP contribution >= 0.6 is 0 Å². The van der Waals surface area contributed by atoms with E-state index in [-0.39, 0.29) is 29.4 Å². The number of rotatable bonds is 7. The van der Waals surface area contributed by atoms with Gasteiger partial charge >= 0.3 is 0 Å². The summed E-state index contributed by atoms with van der Waals surface area (Å²) in [5.74, 6) is -0.343. The summed E-state index contributed by atoms with van der Waals surface area (Å²) < 4.78 is 0. The van der Waals surface area contributed by atoms with Crippen LogP contribution in [0.3, 0.4) is 0 Å². The number of nitrogens with zero attached hydrogens (tertiary/aromatic N) is 1. The quantitative estimate of drug-likeness (QED) is 0.429. The number of amides is 1. The van der Waals surface area contributed by atoms with Crippen molar-refractivity contribution in [3.05, 3.63) is 33.9 Å². The van der Waals surface area contributed by atoms with Gasteiger partial charge in [-0.2, -0.15) is 0 Å². The Bertz CT molecular complexity index is 531. The molecule has 0 fully saturated rings. The molecule has 1 rings (SSSR count). The molecule has 0 radical (unpaired) electrons. The van der Waals surface area contributed by atoms with E-state index >= 15 is 0 Å². The largest absolute Gasteiger partial charge is 0.393 e. The van der Waals surface area contributed by atoms with Crippen molar-refractivity contribution in [3.63, 3.8) is 0 Å². The zero-order chi connectivity index (χ0) is 16.0. The van der Waals surface area contributed by atoms with E-state index in [0.29, 0.717) is 6.54 Å². The van der Waals surface area contributed by atoms with E-state index in [2.05, 4.69) is 10.6 Å². The first-order valence-electron chi connectivity index (χ1n) is 6.44. The Hall–Kier alpha value is -2.19. The molecule has 0 spiro atoms. The molecule has 0 heterocycles. The van der Waals surface area contributed by atoms with Crippen molar-refractivity contribution in [2.24, 2.45) is 0 Å². The number of carbonyl (C=O) groups is 1. The fourth-order valence-electron chi connectivity index (χ4n) is 1.58. The monoisotopic (exact) mass is 297 g/mol. The van der Waals surface area contributed by atoms with E-state index in [0.717, 1.165) is 0 Å². The Balaban J connectivity index is 3.04. The Labute approximate surface area is 121 Å². The van der Waals surface area contributed by atoms with Crippen LogP contribution in [0.2, 0.25) is 0 Å². The highest BCUT2D eigenvalue weighted by atomic mass is 16.6. The fraction of sp³-hybridized carbons (Fsp3) is 0.462. The third-order valence-corrected chi connectivity index (χ3v) is 2.79. The molecule has 1 atom stereocenters. The minimum absolute atomic E-state index is 0.0941. The predicted octanol–water partition coefficient (Wildman–Crippen LogP) is 0.500. The number of anilines is 1. The molecule has 0 aliphatic heterocycles. The van der Waals surface area contributed by atoms with Crippen LogP contribution in [-0.2, 0) is 0 Å². The lowest BCUT2D eigenvalue weighted by Gasteiger charge is -2.21. The highest BCUT2D eigenvalue weighted by molar-refractivity contribution is 5.95. The minimum Gasteiger partial charge on any atom is -0.393 e. The lowest BCUT2D eigenvalue weighted by Crippen LogP contribution is -2.37. The Morgan fingerprint density at radius 3 is 2.67 bits per heavy atom. The molecule has 0 bridgehead atoms. The maximum atomic E-state index is 11.7. The summed E-state index contributed by atoms with van der Waals surface area (Å²) in [5.41, 5.74) is -1.25. The molecule has 21 heavy (non-hydrogen) atoms. The second-order valence-electron chi connectivity index (χ2n) is 4.86. The minimum atomic E-state index is -1.42. The highest BCUT2D eigenvalue weighted by Gasteiger charge is 2.22. The van der Waals surface area contributed by atoms with Crippen molar-refractivity contribution in [2.45, 2.75) is 19.4 Å². The number of aliphatic hydroxyl groups excluding tert-OH is 1. The summed E-state index contributed by atoms with van der Waals surface area (Å²) in [4.78, 5) is 22.1. The number of nitro benzene ring substituents is 1. The molecular weight excluding hydrogens is 278 g/mol. The summed E-state index contributed by atoms with van der Waals surface area (Å²) in [6.07, 6.45) is 0. The van der Waals surface area contributed by atoms with Gasteiger partial charge in [-0.1, -0.05) is 0 Å². The number of nitro groups is 1. The van der Waals surface area contributed by atoms with Crippen molar-refractivity contribution in [1.82, 2.24) is 5.32 Å². The summed E-state index contributed by atoms with van der Waals surface area (Å²) >= 11 is 0. The maximum Gasteiger partial charge on any atom is 0.292 e. The Morgan fingerprint density at radius 1 is 1.48 bits per heavy atom. The number of aliphatic hydroxyl groups is 2. The van der Waals surface area contributed by atoms with E-state index in [1.165, 1.54) is 25.1 Å². The fourth-order valence-corrected chi connectivity index (χ4v) is 1.58. The molecule has 4 N–H and O–H groups in total. The summed E-state index contributed by atoms with van der Waals surface area (Å²) in [7, 11) is 0. The Kier molecular flexibility index (Phi) is 5.62. The third-order valence-electron chi connectivity index (χ3n) is 2.79. The number of benzene rings is 1. The molecule has 1 unspecified atom stereocenters. The van der Waals surface area contributed by atoms with Gasteiger partial charge in [0.2, 0.25) is 0 Å². The van der Waals surface area contributed by atoms with E-state index in [4.69, 9.17) is 5.11 Å². The zero-order valence-corrected chi connectivity index (χ0v) is 11.9. The van der Waals surface area contributed by atoms with Crippen molar-refractivity contribution in [3.8, 4) is 0 Å². The molecule has 0 aliphatic rings. The molecule has 0 aromatic heterocycles. The average molecular weight is 297 g/mol. The maximum absolute atomic E-state index is 11.7. The first-order valence-corrected chi connectivity index (χ1v) is 6.44. The first kappa shape index (κ1) is 16.9. The Morgan fingerprint density at radius 2 is 2.14 bits per heavy atom. The number of hydrogen-bond acceptors (Lipinski definition) is 6. The number of carbonyl (C=O) groups excluding carboxylic acids is 1. The van der Waals surface area contributed by atoms with Crippen LogP contribution in [0, 0.1) is 10.1 Å². The van der Waals surface area contributed by atoms with Gasteiger partial charge in [-0.15, -0.1) is 0 Å². The molecule has 0 aliphatic carbocycles. The average Bonchev–Trinajstić information content (AvgIpc) is 2.45. The van der Waals surface area contributed by atoms with Gasteiger partial charge in [-0.3, -0.25) is 14.9 Å². The molecular formula is C13H19N3O5. The topological polar surface area (TPSA) is 125 Å². The van der Waals surface area contributed by atoms with Gasteiger partial charge in [0.1, 0.15) is 11.3 Å². The van der Waals surface area contributed by atoms with E-state index in [1.807, 2.05) is 0 Å². The summed E-state index contributed by atoms with van der Waals surface area (Å²) in [5, 5.41) is 35.0. The van der Waals surface area contributed by atoms with Gasteiger partial charge in [0.15, 0.2) is 0 Å². The van der Waals surface area contributed by atoms with Crippen LogP contribution in [0.15, 0.2) is 18.2 Å².